The molecule has 3 rings (SSSR count). The average Bonchev–Trinajstić information content (AvgIpc) is 2.82. The molecule has 0 spiro atoms. The highest BCUT2D eigenvalue weighted by molar-refractivity contribution is 9.11. The van der Waals surface area contributed by atoms with E-state index in [1.165, 1.54) is 16.7 Å². The first-order valence-corrected chi connectivity index (χ1v) is 17.3. The fraction of sp³-hybridized carbons (Fsp3) is 0.542. The molecule has 1 saturated heterocycles. The maximum absolute atomic E-state index is 13.7. The van der Waals surface area contributed by atoms with Crippen LogP contribution in [0.3, 0.4) is 0 Å². The number of β-lactam (4-membered cyclic amide) rings is 1. The molecule has 2 unspecified atom stereocenters. The first kappa shape index (κ1) is 27.5. The maximum atomic E-state index is 13.7. The van der Waals surface area contributed by atoms with Crippen molar-refractivity contribution in [1.29, 1.82) is 0 Å². The fourth-order valence-corrected chi connectivity index (χ4v) is 12.6. The van der Waals surface area contributed by atoms with E-state index in [9.17, 15) is 14.4 Å². The SMILES string of the molecule is CCC[Si](CCC)(CCC)OC(=O)C1=C(CBr)C(Br)S[C@@H]2C(NC(=O)c3ccccc3)C(=O)N12. The summed E-state index contributed by atoms with van der Waals surface area (Å²) in [6.07, 6.45) is 2.92. The van der Waals surface area contributed by atoms with Gasteiger partial charge in [0.25, 0.3) is 20.1 Å². The van der Waals surface area contributed by atoms with Crippen molar-refractivity contribution in [2.24, 2.45) is 0 Å². The van der Waals surface area contributed by atoms with Gasteiger partial charge in [0.1, 0.15) is 17.1 Å². The van der Waals surface area contributed by atoms with Crippen molar-refractivity contribution in [3.63, 3.8) is 0 Å². The molecule has 6 nitrogen and oxygen atoms in total. The number of fused-ring (bicyclic) bond motifs is 1. The molecule has 0 aliphatic carbocycles. The van der Waals surface area contributed by atoms with E-state index < -0.39 is 20.3 Å². The topological polar surface area (TPSA) is 75.7 Å². The third-order valence-corrected chi connectivity index (χ3v) is 14.1. The number of halogens is 2. The van der Waals surface area contributed by atoms with Gasteiger partial charge in [-0.15, -0.1) is 11.8 Å². The summed E-state index contributed by atoms with van der Waals surface area (Å²) in [7, 11) is -2.27. The van der Waals surface area contributed by atoms with Crippen LogP contribution >= 0.6 is 43.6 Å². The van der Waals surface area contributed by atoms with E-state index in [-0.39, 0.29) is 21.3 Å². The molecule has 2 heterocycles. The second-order valence-electron chi connectivity index (χ2n) is 8.70. The molecule has 186 valence electrons. The van der Waals surface area contributed by atoms with E-state index in [4.69, 9.17) is 4.43 Å². The minimum atomic E-state index is -2.27. The average molecular weight is 632 g/mol. The predicted molar refractivity (Wildman–Crippen MR) is 147 cm³/mol. The second kappa shape index (κ2) is 12.2. The molecule has 2 amide bonds. The van der Waals surface area contributed by atoms with Crippen LogP contribution in [0.25, 0.3) is 0 Å². The summed E-state index contributed by atoms with van der Waals surface area (Å²) >= 11 is 8.70. The zero-order chi connectivity index (χ0) is 24.9. The summed E-state index contributed by atoms with van der Waals surface area (Å²) in [5, 5.41) is 2.93. The van der Waals surface area contributed by atoms with Crippen LogP contribution in [0.2, 0.25) is 18.1 Å². The summed E-state index contributed by atoms with van der Waals surface area (Å²) < 4.78 is 6.21. The van der Waals surface area contributed by atoms with E-state index in [1.807, 2.05) is 6.07 Å². The van der Waals surface area contributed by atoms with Gasteiger partial charge < -0.3 is 9.74 Å². The Labute approximate surface area is 224 Å². The van der Waals surface area contributed by atoms with Gasteiger partial charge in [-0.25, -0.2) is 4.79 Å². The molecule has 2 aliphatic heterocycles. The molecular formula is C24H32Br2N2O4SSi. The van der Waals surface area contributed by atoms with Gasteiger partial charge in [-0.05, 0) is 35.8 Å². The Morgan fingerprint density at radius 1 is 1.09 bits per heavy atom. The van der Waals surface area contributed by atoms with Crippen molar-refractivity contribution in [3.8, 4) is 0 Å². The van der Waals surface area contributed by atoms with Crippen LogP contribution in [0.15, 0.2) is 41.6 Å². The Morgan fingerprint density at radius 2 is 1.68 bits per heavy atom. The van der Waals surface area contributed by atoms with Crippen molar-refractivity contribution >= 4 is 69.7 Å². The minimum Gasteiger partial charge on any atom is -0.515 e. The molecule has 0 radical (unpaired) electrons. The molecule has 1 aromatic rings. The lowest BCUT2D eigenvalue weighted by Gasteiger charge is -2.51. The standard InChI is InChI=1S/C24H32Br2N2O4SSi/c1-4-12-34(13-5-2,14-6-3)32-24(31)19-17(15-25)20(26)33-23-18(22(30)28(19)23)27-21(29)16-10-8-7-9-11-16/h7-11,18,20,23H,4-6,12-15H2,1-3H3,(H,27,29)/t18?,20?,23-/m1/s1. The first-order chi connectivity index (χ1) is 16.3. The van der Waals surface area contributed by atoms with Crippen LogP contribution in [0.1, 0.15) is 50.4 Å². The van der Waals surface area contributed by atoms with E-state index in [0.29, 0.717) is 16.6 Å². The van der Waals surface area contributed by atoms with E-state index >= 15 is 0 Å². The zero-order valence-corrected chi connectivity index (χ0v) is 24.8. The summed E-state index contributed by atoms with van der Waals surface area (Å²) in [6.45, 7) is 6.39. The smallest absolute Gasteiger partial charge is 0.341 e. The number of hydrogen-bond acceptors (Lipinski definition) is 5. The van der Waals surface area contributed by atoms with E-state index in [2.05, 4.69) is 57.9 Å². The Morgan fingerprint density at radius 3 is 2.21 bits per heavy atom. The number of carbonyl (C=O) groups is 3. The third kappa shape index (κ3) is 5.65. The van der Waals surface area contributed by atoms with Crippen molar-refractivity contribution in [1.82, 2.24) is 10.2 Å². The van der Waals surface area contributed by atoms with Gasteiger partial charge >= 0.3 is 5.97 Å². The Kier molecular flexibility index (Phi) is 9.89. The largest absolute Gasteiger partial charge is 0.515 e. The van der Waals surface area contributed by atoms with Crippen molar-refractivity contribution in [2.45, 2.75) is 73.7 Å². The number of alkyl halides is 2. The zero-order valence-electron chi connectivity index (χ0n) is 19.8. The Bertz CT molecular complexity index is 929. The Hall–Kier alpha value is -1.10. The summed E-state index contributed by atoms with van der Waals surface area (Å²) in [5.41, 5.74) is 1.62. The van der Waals surface area contributed by atoms with Gasteiger partial charge in [0.15, 0.2) is 0 Å². The molecule has 2 aliphatic rings. The minimum absolute atomic E-state index is 0.167. The molecule has 1 fully saturated rings. The number of carbonyl (C=O) groups excluding carboxylic acids is 3. The van der Waals surface area contributed by atoms with Gasteiger partial charge in [0.05, 0.1) is 4.16 Å². The highest BCUT2D eigenvalue weighted by Gasteiger charge is 2.56. The highest BCUT2D eigenvalue weighted by atomic mass is 79.9. The number of rotatable bonds is 11. The molecule has 1 aromatic carbocycles. The van der Waals surface area contributed by atoms with Gasteiger partial charge in [0, 0.05) is 10.9 Å². The molecule has 0 bridgehead atoms. The lowest BCUT2D eigenvalue weighted by molar-refractivity contribution is -0.148. The number of hydrogen-bond donors (Lipinski definition) is 1. The molecule has 34 heavy (non-hydrogen) atoms. The normalized spacial score (nSPS) is 22.2. The summed E-state index contributed by atoms with van der Waals surface area (Å²) in [6, 6.07) is 10.9. The fourth-order valence-electron chi connectivity index (χ4n) is 4.75. The lowest BCUT2D eigenvalue weighted by Crippen LogP contribution is -2.71. The number of thioether (sulfide) groups is 1. The molecule has 10 heteroatoms. The van der Waals surface area contributed by atoms with Gasteiger partial charge in [-0.2, -0.15) is 0 Å². The van der Waals surface area contributed by atoms with E-state index in [1.54, 1.807) is 24.3 Å². The number of nitrogens with one attached hydrogen (secondary N) is 1. The lowest BCUT2D eigenvalue weighted by atomic mass is 10.0. The van der Waals surface area contributed by atoms with Crippen LogP contribution in [0, 0.1) is 0 Å². The van der Waals surface area contributed by atoms with Gasteiger partial charge in [-0.1, -0.05) is 90.1 Å². The second-order valence-corrected chi connectivity index (χ2v) is 16.1. The monoisotopic (exact) mass is 630 g/mol. The van der Waals surface area contributed by atoms with Crippen LogP contribution in [-0.2, 0) is 14.0 Å². The number of amides is 2. The molecule has 3 atom stereocenters. The predicted octanol–water partition coefficient (Wildman–Crippen LogP) is 5.79. The van der Waals surface area contributed by atoms with Crippen LogP contribution in [0.4, 0.5) is 0 Å². The molecule has 1 N–H and O–H groups in total. The molecular weight excluding hydrogens is 600 g/mol. The van der Waals surface area contributed by atoms with Gasteiger partial charge in [0.2, 0.25) is 0 Å². The van der Waals surface area contributed by atoms with E-state index in [0.717, 1.165) is 43.0 Å². The van der Waals surface area contributed by atoms with Crippen LogP contribution in [-0.4, -0.2) is 51.9 Å². The van der Waals surface area contributed by atoms with Gasteiger partial charge in [-0.3, -0.25) is 14.5 Å². The Balaban J connectivity index is 1.86. The molecule has 0 aromatic heterocycles. The number of benzene rings is 1. The third-order valence-electron chi connectivity index (χ3n) is 6.21. The summed E-state index contributed by atoms with van der Waals surface area (Å²) in [4.78, 5) is 41.1. The van der Waals surface area contributed by atoms with Crippen molar-refractivity contribution in [3.05, 3.63) is 47.2 Å². The van der Waals surface area contributed by atoms with Crippen LogP contribution < -0.4 is 5.32 Å². The maximum Gasteiger partial charge on any atom is 0.341 e. The molecule has 0 saturated carbocycles. The van der Waals surface area contributed by atoms with Crippen LogP contribution in [0.5, 0.6) is 0 Å². The van der Waals surface area contributed by atoms with Crippen molar-refractivity contribution < 1.29 is 18.8 Å². The summed E-state index contributed by atoms with van der Waals surface area (Å²) in [5.74, 6) is -0.974. The quantitative estimate of drug-likeness (QED) is 0.190. The number of nitrogens with zero attached hydrogens (tertiary/aromatic N) is 1. The van der Waals surface area contributed by atoms with Crippen molar-refractivity contribution in [2.75, 3.05) is 5.33 Å². The first-order valence-electron chi connectivity index (χ1n) is 11.8. The highest BCUT2D eigenvalue weighted by Crippen LogP contribution is 2.47.